The average molecular weight is 196 g/mol. The lowest BCUT2D eigenvalue weighted by Gasteiger charge is -2.31. The highest BCUT2D eigenvalue weighted by molar-refractivity contribution is 5.09. The molecule has 0 amide bonds. The zero-order chi connectivity index (χ0) is 10.4. The van der Waals surface area contributed by atoms with Crippen LogP contribution < -0.4 is 5.32 Å². The summed E-state index contributed by atoms with van der Waals surface area (Å²) in [6, 6.07) is 0.759. The third-order valence-electron chi connectivity index (χ3n) is 4.81. The maximum atomic E-state index is 3.56. The zero-order valence-corrected chi connectivity index (χ0v) is 10.1. The third-order valence-corrected chi connectivity index (χ3v) is 4.81. The molecule has 2 heteroatoms. The van der Waals surface area contributed by atoms with Gasteiger partial charge >= 0.3 is 0 Å². The summed E-state index contributed by atoms with van der Waals surface area (Å²) in [6.07, 6.45) is 1.28. The number of hydrogen-bond acceptors (Lipinski definition) is 2. The van der Waals surface area contributed by atoms with Crippen LogP contribution in [0.25, 0.3) is 0 Å². The van der Waals surface area contributed by atoms with E-state index in [0.717, 1.165) is 6.04 Å². The van der Waals surface area contributed by atoms with E-state index in [1.165, 1.54) is 32.6 Å². The molecular formula is C12H24N2. The van der Waals surface area contributed by atoms with Crippen LogP contribution in [0.4, 0.5) is 0 Å². The van der Waals surface area contributed by atoms with Gasteiger partial charge in [-0.25, -0.2) is 0 Å². The van der Waals surface area contributed by atoms with E-state index in [1.54, 1.807) is 0 Å². The summed E-state index contributed by atoms with van der Waals surface area (Å²) in [5.41, 5.74) is 1.02. The lowest BCUT2D eigenvalue weighted by atomic mass is 9.71. The molecule has 14 heavy (non-hydrogen) atoms. The third kappa shape index (κ3) is 1.31. The molecule has 2 rings (SSSR count). The molecule has 0 radical (unpaired) electrons. The van der Waals surface area contributed by atoms with Crippen molar-refractivity contribution in [3.63, 3.8) is 0 Å². The Morgan fingerprint density at radius 3 is 2.14 bits per heavy atom. The first kappa shape index (κ1) is 10.4. The van der Waals surface area contributed by atoms with Crippen molar-refractivity contribution in [3.8, 4) is 0 Å². The van der Waals surface area contributed by atoms with Crippen LogP contribution in [0.5, 0.6) is 0 Å². The molecule has 2 heterocycles. The van der Waals surface area contributed by atoms with Gasteiger partial charge in [0.15, 0.2) is 0 Å². The van der Waals surface area contributed by atoms with Gasteiger partial charge in [-0.3, -0.25) is 4.90 Å². The van der Waals surface area contributed by atoms with Crippen LogP contribution in [-0.4, -0.2) is 37.1 Å². The van der Waals surface area contributed by atoms with Crippen LogP contribution in [0.15, 0.2) is 0 Å². The maximum Gasteiger partial charge on any atom is 0.00647 e. The zero-order valence-electron chi connectivity index (χ0n) is 10.1. The summed E-state index contributed by atoms with van der Waals surface area (Å²) in [6.45, 7) is 14.5. The topological polar surface area (TPSA) is 15.3 Å². The van der Waals surface area contributed by atoms with Crippen molar-refractivity contribution in [2.45, 2.75) is 40.2 Å². The second-order valence-electron chi connectivity index (χ2n) is 5.89. The molecule has 2 nitrogen and oxygen atoms in total. The Balaban J connectivity index is 2.12. The summed E-state index contributed by atoms with van der Waals surface area (Å²) in [7, 11) is 0. The van der Waals surface area contributed by atoms with Gasteiger partial charge in [-0.1, -0.05) is 20.8 Å². The Morgan fingerprint density at radius 2 is 1.71 bits per heavy atom. The molecule has 0 spiro atoms. The van der Waals surface area contributed by atoms with E-state index in [0.29, 0.717) is 10.8 Å². The van der Waals surface area contributed by atoms with Crippen LogP contribution in [0, 0.1) is 10.8 Å². The smallest absolute Gasteiger partial charge is 0.00647 e. The van der Waals surface area contributed by atoms with E-state index in [-0.39, 0.29) is 0 Å². The van der Waals surface area contributed by atoms with E-state index < -0.39 is 0 Å². The summed E-state index contributed by atoms with van der Waals surface area (Å²) in [5, 5.41) is 3.56. The summed E-state index contributed by atoms with van der Waals surface area (Å²) in [5.74, 6) is 0. The number of rotatable bonds is 2. The Morgan fingerprint density at radius 1 is 1.21 bits per heavy atom. The molecule has 1 N–H and O–H groups in total. The first-order chi connectivity index (χ1) is 6.51. The molecular weight excluding hydrogens is 172 g/mol. The number of fused-ring (bicyclic) bond motifs is 1. The van der Waals surface area contributed by atoms with Gasteiger partial charge in [0.25, 0.3) is 0 Å². The molecule has 0 aromatic carbocycles. The predicted molar refractivity (Wildman–Crippen MR) is 60.4 cm³/mol. The molecule has 0 bridgehead atoms. The molecule has 2 aliphatic heterocycles. The molecule has 0 aliphatic carbocycles. The number of hydrogen-bond donors (Lipinski definition) is 1. The van der Waals surface area contributed by atoms with E-state index in [9.17, 15) is 0 Å². The van der Waals surface area contributed by atoms with Gasteiger partial charge in [-0.2, -0.15) is 0 Å². The van der Waals surface area contributed by atoms with Gasteiger partial charge < -0.3 is 5.32 Å². The van der Waals surface area contributed by atoms with E-state index >= 15 is 0 Å². The Bertz CT molecular complexity index is 210. The van der Waals surface area contributed by atoms with E-state index in [2.05, 4.69) is 37.9 Å². The minimum absolute atomic E-state index is 0.510. The van der Waals surface area contributed by atoms with Gasteiger partial charge in [-0.05, 0) is 13.3 Å². The second-order valence-corrected chi connectivity index (χ2v) is 5.89. The highest BCUT2D eigenvalue weighted by atomic mass is 15.2. The molecule has 0 saturated carbocycles. The molecule has 2 saturated heterocycles. The first-order valence-corrected chi connectivity index (χ1v) is 5.95. The predicted octanol–water partition coefficient (Wildman–Crippen LogP) is 1.72. The summed E-state index contributed by atoms with van der Waals surface area (Å²) < 4.78 is 0. The van der Waals surface area contributed by atoms with Gasteiger partial charge in [0.2, 0.25) is 0 Å². The van der Waals surface area contributed by atoms with Gasteiger partial charge in [0.05, 0.1) is 0 Å². The monoisotopic (exact) mass is 196 g/mol. The summed E-state index contributed by atoms with van der Waals surface area (Å²) in [4.78, 5) is 2.68. The van der Waals surface area contributed by atoms with Crippen LogP contribution in [0.3, 0.4) is 0 Å². The van der Waals surface area contributed by atoms with Crippen LogP contribution in [-0.2, 0) is 0 Å². The number of likely N-dealkylation sites (tertiary alicyclic amines) is 1. The second kappa shape index (κ2) is 3.21. The summed E-state index contributed by atoms with van der Waals surface area (Å²) >= 11 is 0. The van der Waals surface area contributed by atoms with Crippen molar-refractivity contribution in [2.24, 2.45) is 10.8 Å². The lowest BCUT2D eigenvalue weighted by molar-refractivity contribution is 0.212. The van der Waals surface area contributed by atoms with Crippen molar-refractivity contribution < 1.29 is 0 Å². The highest BCUT2D eigenvalue weighted by Crippen LogP contribution is 2.48. The van der Waals surface area contributed by atoms with Crippen molar-refractivity contribution in [2.75, 3.05) is 26.2 Å². The highest BCUT2D eigenvalue weighted by Gasteiger charge is 2.55. The molecule has 2 aliphatic rings. The SMILES string of the molecule is CCC(C)N1CC2(C)CNCC2(C)C1. The molecule has 0 aromatic rings. The minimum atomic E-state index is 0.510. The standard InChI is InChI=1S/C12H24N2/c1-5-10(2)14-8-11(3)6-13-7-12(11,4)9-14/h10,13H,5-9H2,1-4H3. The van der Waals surface area contributed by atoms with Crippen LogP contribution >= 0.6 is 0 Å². The van der Waals surface area contributed by atoms with Crippen molar-refractivity contribution in [1.29, 1.82) is 0 Å². The van der Waals surface area contributed by atoms with Crippen molar-refractivity contribution in [3.05, 3.63) is 0 Å². The van der Waals surface area contributed by atoms with Crippen LogP contribution in [0.1, 0.15) is 34.1 Å². The largest absolute Gasteiger partial charge is 0.316 e. The molecule has 3 unspecified atom stereocenters. The van der Waals surface area contributed by atoms with Crippen molar-refractivity contribution >= 4 is 0 Å². The van der Waals surface area contributed by atoms with E-state index in [1.807, 2.05) is 0 Å². The van der Waals surface area contributed by atoms with Crippen LogP contribution in [0.2, 0.25) is 0 Å². The molecule has 82 valence electrons. The van der Waals surface area contributed by atoms with E-state index in [4.69, 9.17) is 0 Å². The van der Waals surface area contributed by atoms with Gasteiger partial charge in [0.1, 0.15) is 0 Å². The Labute approximate surface area is 88.1 Å². The van der Waals surface area contributed by atoms with Crippen molar-refractivity contribution in [1.82, 2.24) is 10.2 Å². The maximum absolute atomic E-state index is 3.56. The van der Waals surface area contributed by atoms with Gasteiger partial charge in [-0.15, -0.1) is 0 Å². The number of nitrogens with zero attached hydrogens (tertiary/aromatic N) is 1. The Kier molecular flexibility index (Phi) is 2.39. The molecule has 3 atom stereocenters. The quantitative estimate of drug-likeness (QED) is 0.723. The first-order valence-electron chi connectivity index (χ1n) is 5.95. The lowest BCUT2D eigenvalue weighted by Crippen LogP contribution is -2.35. The molecule has 2 fully saturated rings. The normalized spacial score (nSPS) is 45.4. The number of nitrogens with one attached hydrogen (secondary N) is 1. The fourth-order valence-corrected chi connectivity index (χ4v) is 3.06. The fraction of sp³-hybridized carbons (Fsp3) is 1.00. The molecule has 0 aromatic heterocycles. The average Bonchev–Trinajstić information content (AvgIpc) is 2.52. The van der Waals surface area contributed by atoms with Gasteiger partial charge in [0, 0.05) is 43.1 Å². The Hall–Kier alpha value is -0.0800. The minimum Gasteiger partial charge on any atom is -0.316 e. The fourth-order valence-electron chi connectivity index (χ4n) is 3.06.